The third-order valence-corrected chi connectivity index (χ3v) is 6.12. The number of benzene rings is 1. The van der Waals surface area contributed by atoms with Crippen molar-refractivity contribution in [2.45, 2.75) is 46.1 Å². The second-order valence-electron chi connectivity index (χ2n) is 8.14. The highest BCUT2D eigenvalue weighted by atomic mass is 16.3. The number of furan rings is 1. The van der Waals surface area contributed by atoms with Crippen molar-refractivity contribution in [1.29, 1.82) is 0 Å². The first-order valence-electron chi connectivity index (χ1n) is 10.5. The van der Waals surface area contributed by atoms with Gasteiger partial charge in [0.05, 0.1) is 6.04 Å². The number of nitrogens with one attached hydrogen (secondary N) is 1. The van der Waals surface area contributed by atoms with Crippen LogP contribution in [0.25, 0.3) is 27.8 Å². The first-order valence-corrected chi connectivity index (χ1v) is 10.5. The van der Waals surface area contributed by atoms with Gasteiger partial charge in [0, 0.05) is 39.3 Å². The zero-order valence-electron chi connectivity index (χ0n) is 18.1. The van der Waals surface area contributed by atoms with E-state index in [9.17, 15) is 0 Å². The number of hydrogen-bond acceptors (Lipinski definition) is 4. The minimum absolute atomic E-state index is 0.102. The molecule has 2 aromatic heterocycles. The van der Waals surface area contributed by atoms with E-state index in [1.807, 2.05) is 13.0 Å². The van der Waals surface area contributed by atoms with Gasteiger partial charge in [0.2, 0.25) is 5.71 Å². The van der Waals surface area contributed by atoms with Crippen LogP contribution in [0.1, 0.15) is 43.5 Å². The SMILES string of the molecule is C=NC1C(=C)NC(=C)c2c(ccc3c2oc2nc(C)ccc23)CCC1/C(C)=C/CC. The first kappa shape index (κ1) is 20.1. The highest BCUT2D eigenvalue weighted by Gasteiger charge is 2.28. The molecule has 2 atom stereocenters. The van der Waals surface area contributed by atoms with Crippen LogP contribution in [0.5, 0.6) is 0 Å². The first-order chi connectivity index (χ1) is 14.4. The van der Waals surface area contributed by atoms with Crippen molar-refractivity contribution < 1.29 is 4.42 Å². The average molecular weight is 400 g/mol. The van der Waals surface area contributed by atoms with Gasteiger partial charge in [-0.2, -0.15) is 0 Å². The molecule has 0 saturated carbocycles. The van der Waals surface area contributed by atoms with Crippen LogP contribution in [0.3, 0.4) is 0 Å². The monoisotopic (exact) mass is 399 g/mol. The smallest absolute Gasteiger partial charge is 0.227 e. The van der Waals surface area contributed by atoms with Crippen molar-refractivity contribution in [1.82, 2.24) is 10.3 Å². The second-order valence-corrected chi connectivity index (χ2v) is 8.14. The lowest BCUT2D eigenvalue weighted by atomic mass is 9.85. The van der Waals surface area contributed by atoms with Crippen LogP contribution < -0.4 is 5.32 Å². The van der Waals surface area contributed by atoms with Gasteiger partial charge in [-0.3, -0.25) is 4.99 Å². The van der Waals surface area contributed by atoms with Gasteiger partial charge in [-0.15, -0.1) is 0 Å². The van der Waals surface area contributed by atoms with Crippen LogP contribution in [0.15, 0.2) is 64.2 Å². The number of nitrogens with zero attached hydrogens (tertiary/aromatic N) is 2. The predicted octanol–water partition coefficient (Wildman–Crippen LogP) is 6.35. The van der Waals surface area contributed by atoms with Crippen LogP contribution in [0.4, 0.5) is 0 Å². The molecule has 154 valence electrons. The van der Waals surface area contributed by atoms with E-state index in [0.29, 0.717) is 5.71 Å². The third-order valence-electron chi connectivity index (χ3n) is 6.12. The Balaban J connectivity index is 1.88. The fraction of sp³-hybridized carbons (Fsp3) is 0.308. The maximum atomic E-state index is 6.25. The van der Waals surface area contributed by atoms with E-state index in [-0.39, 0.29) is 12.0 Å². The van der Waals surface area contributed by atoms with Gasteiger partial charge >= 0.3 is 0 Å². The minimum atomic E-state index is -0.102. The van der Waals surface area contributed by atoms with E-state index >= 15 is 0 Å². The van der Waals surface area contributed by atoms with Crippen LogP contribution >= 0.6 is 0 Å². The Morgan fingerprint density at radius 1 is 1.27 bits per heavy atom. The number of allylic oxidation sites excluding steroid dienone is 1. The number of hydrogen-bond donors (Lipinski definition) is 1. The van der Waals surface area contributed by atoms with Crippen LogP contribution in [-0.4, -0.2) is 17.7 Å². The Kier molecular flexibility index (Phi) is 5.33. The largest absolute Gasteiger partial charge is 0.437 e. The summed E-state index contributed by atoms with van der Waals surface area (Å²) >= 11 is 0. The molecule has 0 radical (unpaired) electrons. The maximum Gasteiger partial charge on any atom is 0.227 e. The van der Waals surface area contributed by atoms with Gasteiger partial charge in [0.1, 0.15) is 5.58 Å². The van der Waals surface area contributed by atoms with Gasteiger partial charge in [0.25, 0.3) is 0 Å². The number of pyridine rings is 1. The Labute approximate surface area is 178 Å². The number of aliphatic imine (C=N–C) groups is 1. The van der Waals surface area contributed by atoms with Crippen molar-refractivity contribution in [2.24, 2.45) is 10.9 Å². The summed E-state index contributed by atoms with van der Waals surface area (Å²) in [5, 5.41) is 5.50. The predicted molar refractivity (Wildman–Crippen MR) is 127 cm³/mol. The second kappa shape index (κ2) is 7.94. The lowest BCUT2D eigenvalue weighted by molar-refractivity contribution is 0.485. The Hall–Kier alpha value is -3.14. The molecule has 30 heavy (non-hydrogen) atoms. The lowest BCUT2D eigenvalue weighted by Crippen LogP contribution is -2.28. The maximum absolute atomic E-state index is 6.25. The topological polar surface area (TPSA) is 50.4 Å². The van der Waals surface area contributed by atoms with Crippen molar-refractivity contribution in [2.75, 3.05) is 0 Å². The Bertz CT molecular complexity index is 1200. The van der Waals surface area contributed by atoms with Crippen molar-refractivity contribution in [3.63, 3.8) is 0 Å². The molecule has 2 unspecified atom stereocenters. The summed E-state index contributed by atoms with van der Waals surface area (Å²) < 4.78 is 6.25. The van der Waals surface area contributed by atoms with E-state index in [0.717, 1.165) is 58.3 Å². The fourth-order valence-corrected chi connectivity index (χ4v) is 4.62. The molecular formula is C26H29N3O. The molecule has 3 aromatic rings. The van der Waals surface area contributed by atoms with Gasteiger partial charge in [-0.05, 0) is 57.5 Å². The van der Waals surface area contributed by atoms with Crippen molar-refractivity contribution in [3.8, 4) is 0 Å². The molecule has 1 aliphatic heterocycles. The fourth-order valence-electron chi connectivity index (χ4n) is 4.62. The standard InChI is InChI=1S/C26H29N3O/c1-7-8-15(2)20-13-10-19-11-14-21-22-12-9-16(3)28-26(22)30-25(21)23(19)17(4)29-18(5)24(20)27-6/h8-9,11-12,14,20,24,29H,4-7,10,13H2,1-3H3/b15-8+. The molecule has 0 amide bonds. The molecule has 3 heterocycles. The average Bonchev–Trinajstić information content (AvgIpc) is 3.08. The number of aryl methyl sites for hydroxylation is 2. The van der Waals surface area contributed by atoms with E-state index in [4.69, 9.17) is 4.42 Å². The Morgan fingerprint density at radius 3 is 2.77 bits per heavy atom. The number of aromatic nitrogens is 1. The zero-order valence-corrected chi connectivity index (χ0v) is 18.1. The van der Waals surface area contributed by atoms with E-state index < -0.39 is 0 Å². The van der Waals surface area contributed by atoms with E-state index in [1.165, 1.54) is 11.1 Å². The molecular weight excluding hydrogens is 370 g/mol. The summed E-state index contributed by atoms with van der Waals surface area (Å²) in [5.74, 6) is 0.247. The summed E-state index contributed by atoms with van der Waals surface area (Å²) in [6, 6.07) is 8.33. The van der Waals surface area contributed by atoms with Crippen LogP contribution in [0.2, 0.25) is 0 Å². The normalized spacial score (nSPS) is 20.4. The third kappa shape index (κ3) is 3.36. The molecule has 0 aliphatic carbocycles. The molecule has 0 fully saturated rings. The lowest BCUT2D eigenvalue weighted by Gasteiger charge is -2.26. The number of fused-ring (bicyclic) bond motifs is 5. The molecule has 4 nitrogen and oxygen atoms in total. The Morgan fingerprint density at radius 2 is 2.03 bits per heavy atom. The summed E-state index contributed by atoms with van der Waals surface area (Å²) in [4.78, 5) is 9.01. The molecule has 1 aliphatic rings. The molecule has 0 bridgehead atoms. The molecule has 1 N–H and O–H groups in total. The summed E-state index contributed by atoms with van der Waals surface area (Å²) in [7, 11) is 0. The van der Waals surface area contributed by atoms with Gasteiger partial charge < -0.3 is 9.73 Å². The highest BCUT2D eigenvalue weighted by molar-refractivity contribution is 6.07. The zero-order chi connectivity index (χ0) is 21.4. The van der Waals surface area contributed by atoms with Crippen LogP contribution in [0, 0.1) is 12.8 Å². The summed E-state index contributed by atoms with van der Waals surface area (Å²) in [6.45, 7) is 18.8. The van der Waals surface area contributed by atoms with E-state index in [2.05, 4.69) is 73.3 Å². The number of rotatable bonds is 3. The summed E-state index contributed by atoms with van der Waals surface area (Å²) in [5.41, 5.74) is 7.57. The molecule has 4 heteroatoms. The quantitative estimate of drug-likeness (QED) is 0.412. The van der Waals surface area contributed by atoms with E-state index in [1.54, 1.807) is 0 Å². The molecule has 4 rings (SSSR count). The molecule has 1 aromatic carbocycles. The minimum Gasteiger partial charge on any atom is -0.437 e. The molecule has 0 spiro atoms. The van der Waals surface area contributed by atoms with Crippen molar-refractivity contribution >= 4 is 34.5 Å². The van der Waals surface area contributed by atoms with Crippen molar-refractivity contribution in [3.05, 3.63) is 71.6 Å². The van der Waals surface area contributed by atoms with Crippen LogP contribution in [-0.2, 0) is 6.42 Å². The van der Waals surface area contributed by atoms with Gasteiger partial charge in [-0.25, -0.2) is 4.98 Å². The molecule has 0 saturated heterocycles. The van der Waals surface area contributed by atoms with Gasteiger partial charge in [0.15, 0.2) is 0 Å². The highest BCUT2D eigenvalue weighted by Crippen LogP contribution is 2.38. The van der Waals surface area contributed by atoms with Gasteiger partial charge in [-0.1, -0.05) is 43.9 Å². The summed E-state index contributed by atoms with van der Waals surface area (Å²) in [6.07, 6.45) is 5.13.